The second-order valence-electron chi connectivity index (χ2n) is 2.10. The van der Waals surface area contributed by atoms with Gasteiger partial charge in [0.25, 0.3) is 0 Å². The number of nitrogen functional groups attached to an aromatic ring is 1. The van der Waals surface area contributed by atoms with E-state index in [4.69, 9.17) is 22.6 Å². The monoisotopic (exact) mass is 167 g/mol. The van der Waals surface area contributed by atoms with Crippen LogP contribution < -0.4 is 5.73 Å². The number of hydrogen-bond acceptors (Lipinski definition) is 3. The average molecular weight is 168 g/mol. The van der Waals surface area contributed by atoms with Crippen molar-refractivity contribution in [2.75, 3.05) is 5.73 Å². The van der Waals surface area contributed by atoms with E-state index in [0.717, 1.165) is 0 Å². The lowest BCUT2D eigenvalue weighted by Crippen LogP contribution is -1.96. The van der Waals surface area contributed by atoms with Crippen molar-refractivity contribution in [3.63, 3.8) is 0 Å². The summed E-state index contributed by atoms with van der Waals surface area (Å²) >= 11 is 5.70. The van der Waals surface area contributed by atoms with Crippen molar-refractivity contribution in [3.05, 3.63) is 22.3 Å². The molecule has 1 heterocycles. The van der Waals surface area contributed by atoms with Crippen molar-refractivity contribution in [2.45, 2.75) is 6.92 Å². The molecular formula is C7H6ClN3. The molecule has 0 aliphatic rings. The molecule has 3 nitrogen and oxygen atoms in total. The van der Waals surface area contributed by atoms with Crippen LogP contribution in [-0.2, 0) is 0 Å². The molecule has 0 aliphatic heterocycles. The predicted molar refractivity (Wildman–Crippen MR) is 43.1 cm³/mol. The van der Waals surface area contributed by atoms with Crippen molar-refractivity contribution in [3.8, 4) is 6.07 Å². The molecule has 1 rings (SSSR count). The predicted octanol–water partition coefficient (Wildman–Crippen LogP) is 1.50. The summed E-state index contributed by atoms with van der Waals surface area (Å²) in [4.78, 5) is 3.87. The molecule has 2 N–H and O–H groups in total. The molecule has 0 aromatic carbocycles. The largest absolute Gasteiger partial charge is 0.383 e. The van der Waals surface area contributed by atoms with Crippen molar-refractivity contribution >= 4 is 17.4 Å². The van der Waals surface area contributed by atoms with Crippen LogP contribution in [0.3, 0.4) is 0 Å². The van der Waals surface area contributed by atoms with Crippen molar-refractivity contribution in [2.24, 2.45) is 0 Å². The molecule has 0 unspecified atom stereocenters. The second-order valence-corrected chi connectivity index (χ2v) is 2.51. The smallest absolute Gasteiger partial charge is 0.141 e. The summed E-state index contributed by atoms with van der Waals surface area (Å²) in [5.41, 5.74) is 6.37. The van der Waals surface area contributed by atoms with Crippen LogP contribution in [-0.4, -0.2) is 4.98 Å². The van der Waals surface area contributed by atoms with Gasteiger partial charge < -0.3 is 5.73 Å². The van der Waals surface area contributed by atoms with Gasteiger partial charge in [-0.1, -0.05) is 11.6 Å². The first-order valence-corrected chi connectivity index (χ1v) is 3.35. The van der Waals surface area contributed by atoms with Gasteiger partial charge in [-0.15, -0.1) is 0 Å². The van der Waals surface area contributed by atoms with E-state index in [1.54, 1.807) is 6.92 Å². The minimum absolute atomic E-state index is 0.231. The molecule has 0 aliphatic carbocycles. The van der Waals surface area contributed by atoms with Crippen LogP contribution in [0.25, 0.3) is 0 Å². The number of rotatable bonds is 0. The Kier molecular flexibility index (Phi) is 1.97. The molecular weight excluding hydrogens is 162 g/mol. The normalized spacial score (nSPS) is 9.18. The van der Waals surface area contributed by atoms with Gasteiger partial charge in [0.15, 0.2) is 0 Å². The highest BCUT2D eigenvalue weighted by atomic mass is 35.5. The highest BCUT2D eigenvalue weighted by Gasteiger charge is 2.03. The fourth-order valence-corrected chi connectivity index (χ4v) is 0.840. The van der Waals surface area contributed by atoms with Gasteiger partial charge >= 0.3 is 0 Å². The SMILES string of the molecule is Cc1nc(N)c(C#N)cc1Cl. The molecule has 1 aromatic heterocycles. The van der Waals surface area contributed by atoms with E-state index < -0.39 is 0 Å². The van der Waals surface area contributed by atoms with Gasteiger partial charge in [-0.3, -0.25) is 0 Å². The van der Waals surface area contributed by atoms with E-state index in [1.165, 1.54) is 6.07 Å². The second kappa shape index (κ2) is 2.77. The maximum atomic E-state index is 8.51. The molecule has 0 bridgehead atoms. The van der Waals surface area contributed by atoms with Crippen molar-refractivity contribution in [1.29, 1.82) is 5.26 Å². The number of aryl methyl sites for hydroxylation is 1. The summed E-state index contributed by atoms with van der Waals surface area (Å²) < 4.78 is 0. The fraction of sp³-hybridized carbons (Fsp3) is 0.143. The number of nitrogens with two attached hydrogens (primary N) is 1. The van der Waals surface area contributed by atoms with Crippen LogP contribution in [0, 0.1) is 18.3 Å². The van der Waals surface area contributed by atoms with Gasteiger partial charge in [0.05, 0.1) is 16.3 Å². The topological polar surface area (TPSA) is 62.7 Å². The van der Waals surface area contributed by atoms with Crippen LogP contribution in [0.5, 0.6) is 0 Å². The number of nitrogens with zero attached hydrogens (tertiary/aromatic N) is 2. The van der Waals surface area contributed by atoms with Gasteiger partial charge in [0.1, 0.15) is 11.9 Å². The summed E-state index contributed by atoms with van der Waals surface area (Å²) in [6, 6.07) is 3.40. The van der Waals surface area contributed by atoms with Gasteiger partial charge in [0.2, 0.25) is 0 Å². The average Bonchev–Trinajstić information content (AvgIpc) is 1.97. The van der Waals surface area contributed by atoms with E-state index in [2.05, 4.69) is 4.98 Å². The first-order valence-electron chi connectivity index (χ1n) is 2.98. The Hall–Kier alpha value is -1.27. The number of hydrogen-bond donors (Lipinski definition) is 1. The van der Waals surface area contributed by atoms with Crippen LogP contribution >= 0.6 is 11.6 Å². The fourth-order valence-electron chi connectivity index (χ4n) is 0.689. The molecule has 0 atom stereocenters. The molecule has 0 radical (unpaired) electrons. The highest BCUT2D eigenvalue weighted by molar-refractivity contribution is 6.31. The minimum atomic E-state index is 0.231. The van der Waals surface area contributed by atoms with Crippen LogP contribution in [0.2, 0.25) is 5.02 Å². The summed E-state index contributed by atoms with van der Waals surface area (Å²) in [5, 5.41) is 8.97. The Morgan fingerprint density at radius 3 is 2.91 bits per heavy atom. The molecule has 56 valence electrons. The number of halogens is 1. The van der Waals surface area contributed by atoms with E-state index >= 15 is 0 Å². The van der Waals surface area contributed by atoms with E-state index in [0.29, 0.717) is 16.3 Å². The third-order valence-corrected chi connectivity index (χ3v) is 1.68. The number of aromatic nitrogens is 1. The summed E-state index contributed by atoms with van der Waals surface area (Å²) in [5.74, 6) is 0.231. The Bertz CT molecular complexity index is 327. The lowest BCUT2D eigenvalue weighted by Gasteiger charge is -1.99. The molecule has 4 heteroatoms. The number of anilines is 1. The van der Waals surface area contributed by atoms with Gasteiger partial charge in [-0.2, -0.15) is 5.26 Å². The van der Waals surface area contributed by atoms with E-state index in [9.17, 15) is 0 Å². The minimum Gasteiger partial charge on any atom is -0.383 e. The van der Waals surface area contributed by atoms with Crippen molar-refractivity contribution < 1.29 is 0 Å². The summed E-state index contributed by atoms with van der Waals surface area (Å²) in [7, 11) is 0. The van der Waals surface area contributed by atoms with E-state index in [1.807, 2.05) is 6.07 Å². The van der Waals surface area contributed by atoms with Gasteiger partial charge in [-0.05, 0) is 13.0 Å². The first kappa shape index (κ1) is 7.83. The molecule has 1 aromatic rings. The van der Waals surface area contributed by atoms with Gasteiger partial charge in [-0.25, -0.2) is 4.98 Å². The Morgan fingerprint density at radius 2 is 2.36 bits per heavy atom. The summed E-state index contributed by atoms with van der Waals surface area (Å²) in [6.07, 6.45) is 0. The maximum Gasteiger partial charge on any atom is 0.141 e. The quantitative estimate of drug-likeness (QED) is 0.637. The Labute approximate surface area is 69.4 Å². The first-order chi connectivity index (χ1) is 5.15. The molecule has 0 saturated heterocycles. The number of pyridine rings is 1. The zero-order chi connectivity index (χ0) is 8.43. The van der Waals surface area contributed by atoms with Crippen LogP contribution in [0.15, 0.2) is 6.07 Å². The zero-order valence-corrected chi connectivity index (χ0v) is 6.68. The van der Waals surface area contributed by atoms with E-state index in [-0.39, 0.29) is 5.82 Å². The zero-order valence-electron chi connectivity index (χ0n) is 5.93. The van der Waals surface area contributed by atoms with Gasteiger partial charge in [0, 0.05) is 0 Å². The number of nitriles is 1. The third kappa shape index (κ3) is 1.41. The molecule has 11 heavy (non-hydrogen) atoms. The summed E-state index contributed by atoms with van der Waals surface area (Å²) in [6.45, 7) is 1.74. The molecule has 0 spiro atoms. The molecule has 0 amide bonds. The standard InChI is InChI=1S/C7H6ClN3/c1-4-6(8)2-5(3-9)7(10)11-4/h2H,1H3,(H2,10,11). The Balaban J connectivity index is 3.35. The maximum absolute atomic E-state index is 8.51. The third-order valence-electron chi connectivity index (χ3n) is 1.30. The lowest BCUT2D eigenvalue weighted by molar-refractivity contribution is 1.20. The van der Waals surface area contributed by atoms with Crippen molar-refractivity contribution in [1.82, 2.24) is 4.98 Å². The molecule has 0 fully saturated rings. The highest BCUT2D eigenvalue weighted by Crippen LogP contribution is 2.17. The van der Waals surface area contributed by atoms with Crippen LogP contribution in [0.1, 0.15) is 11.3 Å². The molecule has 0 saturated carbocycles. The Morgan fingerprint density at radius 1 is 1.73 bits per heavy atom. The van der Waals surface area contributed by atoms with Crippen LogP contribution in [0.4, 0.5) is 5.82 Å². The lowest BCUT2D eigenvalue weighted by atomic mass is 10.2.